The third-order valence-corrected chi connectivity index (χ3v) is 6.31. The Morgan fingerprint density at radius 3 is 2.12 bits per heavy atom. The van der Waals surface area contributed by atoms with E-state index < -0.39 is 10.0 Å². The molecule has 0 saturated carbocycles. The molecule has 0 saturated heterocycles. The highest BCUT2D eigenvalue weighted by Gasteiger charge is 2.15. The lowest BCUT2D eigenvalue weighted by Gasteiger charge is -2.08. The largest absolute Gasteiger partial charge is 0.343 e. The van der Waals surface area contributed by atoms with Gasteiger partial charge in [-0.15, -0.1) is 0 Å². The zero-order valence-electron chi connectivity index (χ0n) is 18.1. The molecule has 3 aromatic carbocycles. The molecular weight excluding hydrogens is 440 g/mol. The van der Waals surface area contributed by atoms with E-state index in [0.29, 0.717) is 22.6 Å². The molecule has 0 fully saturated rings. The second-order valence-electron chi connectivity index (χ2n) is 7.56. The van der Waals surface area contributed by atoms with Gasteiger partial charge in [0, 0.05) is 16.8 Å². The third-order valence-electron chi connectivity index (χ3n) is 4.91. The van der Waals surface area contributed by atoms with Crippen molar-refractivity contribution in [3.8, 4) is 11.4 Å². The molecule has 2 N–H and O–H groups in total. The molecule has 0 atom stereocenters. The van der Waals surface area contributed by atoms with Crippen LogP contribution in [-0.2, 0) is 16.6 Å². The van der Waals surface area contributed by atoms with Gasteiger partial charge >= 0.3 is 0 Å². The van der Waals surface area contributed by atoms with Gasteiger partial charge in [-0.25, -0.2) is 8.42 Å². The Morgan fingerprint density at radius 1 is 0.879 bits per heavy atom. The normalized spacial score (nSPS) is 11.2. The fraction of sp³-hybridized carbons (Fsp3) is 0.125. The van der Waals surface area contributed by atoms with Gasteiger partial charge in [-0.3, -0.25) is 9.52 Å². The van der Waals surface area contributed by atoms with Gasteiger partial charge in [0.2, 0.25) is 11.7 Å². The van der Waals surface area contributed by atoms with E-state index in [2.05, 4.69) is 20.2 Å². The van der Waals surface area contributed by atoms with Gasteiger partial charge < -0.3 is 9.84 Å². The number of anilines is 1. The molecule has 0 unspecified atom stereocenters. The van der Waals surface area contributed by atoms with Gasteiger partial charge in [0.05, 0.1) is 11.4 Å². The van der Waals surface area contributed by atoms with E-state index in [4.69, 9.17) is 4.52 Å². The van der Waals surface area contributed by atoms with E-state index in [1.165, 1.54) is 0 Å². The van der Waals surface area contributed by atoms with Crippen molar-refractivity contribution in [2.75, 3.05) is 4.72 Å². The average molecular weight is 463 g/mol. The van der Waals surface area contributed by atoms with Crippen LogP contribution in [0, 0.1) is 13.8 Å². The Hall–Kier alpha value is -3.98. The van der Waals surface area contributed by atoms with Gasteiger partial charge in [0.1, 0.15) is 0 Å². The number of aryl methyl sites for hydroxylation is 2. The van der Waals surface area contributed by atoms with Crippen molar-refractivity contribution in [1.29, 1.82) is 0 Å². The number of nitrogens with zero attached hydrogens (tertiary/aromatic N) is 2. The molecule has 0 aliphatic heterocycles. The highest BCUT2D eigenvalue weighted by molar-refractivity contribution is 7.92. The maximum Gasteiger partial charge on any atom is 0.261 e. The molecule has 168 valence electrons. The number of nitrogens with one attached hydrogen (secondary N) is 2. The summed E-state index contributed by atoms with van der Waals surface area (Å²) in [6.45, 7) is 3.94. The molecule has 9 heteroatoms. The SMILES string of the molecule is Cc1ccc(C(=O)NCc2nc(-c3ccc(NS(=O)(=O)c4ccc(C)cc4)cc3)no2)cc1. The summed E-state index contributed by atoms with van der Waals surface area (Å²) in [6.07, 6.45) is 0. The van der Waals surface area contributed by atoms with Crippen LogP contribution >= 0.6 is 0 Å². The fourth-order valence-electron chi connectivity index (χ4n) is 3.03. The number of carbonyl (C=O) groups is 1. The van der Waals surface area contributed by atoms with E-state index in [9.17, 15) is 13.2 Å². The average Bonchev–Trinajstić information content (AvgIpc) is 3.27. The zero-order chi connectivity index (χ0) is 23.4. The van der Waals surface area contributed by atoms with Crippen LogP contribution in [0.4, 0.5) is 5.69 Å². The first kappa shape index (κ1) is 22.2. The zero-order valence-corrected chi connectivity index (χ0v) is 18.9. The van der Waals surface area contributed by atoms with Crippen molar-refractivity contribution < 1.29 is 17.7 Å². The number of amides is 1. The minimum Gasteiger partial charge on any atom is -0.343 e. The predicted molar refractivity (Wildman–Crippen MR) is 124 cm³/mol. The molecule has 1 aromatic heterocycles. The third kappa shape index (κ3) is 5.45. The van der Waals surface area contributed by atoms with Crippen molar-refractivity contribution in [2.24, 2.45) is 0 Å². The molecule has 8 nitrogen and oxygen atoms in total. The second kappa shape index (κ2) is 9.25. The first-order chi connectivity index (χ1) is 15.8. The van der Waals surface area contributed by atoms with Crippen LogP contribution in [0.1, 0.15) is 27.4 Å². The molecular formula is C24H22N4O4S. The smallest absolute Gasteiger partial charge is 0.261 e. The fourth-order valence-corrected chi connectivity index (χ4v) is 4.08. The highest BCUT2D eigenvalue weighted by atomic mass is 32.2. The van der Waals surface area contributed by atoms with Crippen molar-refractivity contribution in [1.82, 2.24) is 15.5 Å². The van der Waals surface area contributed by atoms with E-state index in [1.54, 1.807) is 60.7 Å². The van der Waals surface area contributed by atoms with Crippen molar-refractivity contribution in [3.63, 3.8) is 0 Å². The van der Waals surface area contributed by atoms with Crippen LogP contribution in [0.2, 0.25) is 0 Å². The molecule has 0 aliphatic carbocycles. The first-order valence-electron chi connectivity index (χ1n) is 10.2. The number of aromatic nitrogens is 2. The molecule has 0 bridgehead atoms. The summed E-state index contributed by atoms with van der Waals surface area (Å²) in [6, 6.07) is 20.5. The van der Waals surface area contributed by atoms with Crippen LogP contribution < -0.4 is 10.0 Å². The van der Waals surface area contributed by atoms with Gasteiger partial charge in [0.15, 0.2) is 0 Å². The number of hydrogen-bond donors (Lipinski definition) is 2. The minimum absolute atomic E-state index is 0.0914. The van der Waals surface area contributed by atoms with Crippen LogP contribution in [-0.4, -0.2) is 24.5 Å². The van der Waals surface area contributed by atoms with Crippen molar-refractivity contribution in [2.45, 2.75) is 25.3 Å². The highest BCUT2D eigenvalue weighted by Crippen LogP contribution is 2.21. The Kier molecular flexibility index (Phi) is 6.23. The van der Waals surface area contributed by atoms with Crippen LogP contribution in [0.25, 0.3) is 11.4 Å². The molecule has 0 aliphatic rings. The Bertz CT molecular complexity index is 1360. The monoisotopic (exact) mass is 462 g/mol. The summed E-state index contributed by atoms with van der Waals surface area (Å²) in [5, 5.41) is 6.67. The van der Waals surface area contributed by atoms with Crippen LogP contribution in [0.15, 0.2) is 82.2 Å². The predicted octanol–water partition coefficient (Wildman–Crippen LogP) is 4.08. The Morgan fingerprint density at radius 2 is 1.48 bits per heavy atom. The molecule has 4 aromatic rings. The van der Waals surface area contributed by atoms with Gasteiger partial charge in [-0.2, -0.15) is 4.98 Å². The topological polar surface area (TPSA) is 114 Å². The van der Waals surface area contributed by atoms with Gasteiger partial charge in [-0.1, -0.05) is 40.5 Å². The number of carbonyl (C=O) groups excluding carboxylic acids is 1. The van der Waals surface area contributed by atoms with Gasteiger partial charge in [-0.05, 0) is 62.4 Å². The van der Waals surface area contributed by atoms with E-state index >= 15 is 0 Å². The lowest BCUT2D eigenvalue weighted by atomic mass is 10.1. The summed E-state index contributed by atoms with van der Waals surface area (Å²) in [4.78, 5) is 16.7. The number of benzene rings is 3. The minimum atomic E-state index is -3.68. The molecule has 0 radical (unpaired) electrons. The summed E-state index contributed by atoms with van der Waals surface area (Å²) < 4.78 is 32.8. The second-order valence-corrected chi connectivity index (χ2v) is 9.24. The first-order valence-corrected chi connectivity index (χ1v) is 11.7. The quantitative estimate of drug-likeness (QED) is 0.428. The molecule has 4 rings (SSSR count). The summed E-state index contributed by atoms with van der Waals surface area (Å²) >= 11 is 0. The van der Waals surface area contributed by atoms with Crippen LogP contribution in [0.3, 0.4) is 0 Å². The Balaban J connectivity index is 1.39. The van der Waals surface area contributed by atoms with E-state index in [-0.39, 0.29) is 23.2 Å². The lowest BCUT2D eigenvalue weighted by molar-refractivity contribution is 0.0946. The summed E-state index contributed by atoms with van der Waals surface area (Å²) in [7, 11) is -3.68. The number of rotatable bonds is 7. The molecule has 33 heavy (non-hydrogen) atoms. The van der Waals surface area contributed by atoms with Crippen LogP contribution in [0.5, 0.6) is 0 Å². The standard InChI is InChI=1S/C24H22N4O4S/c1-16-3-7-19(8-4-16)24(29)25-15-22-26-23(27-32-22)18-9-11-20(12-10-18)28-33(30,31)21-13-5-17(2)6-14-21/h3-14,28H,15H2,1-2H3,(H,25,29). The summed E-state index contributed by atoms with van der Waals surface area (Å²) in [5.74, 6) is 0.358. The molecule has 0 spiro atoms. The lowest BCUT2D eigenvalue weighted by Crippen LogP contribution is -2.22. The number of sulfonamides is 1. The molecule has 1 heterocycles. The number of hydrogen-bond acceptors (Lipinski definition) is 6. The molecule has 1 amide bonds. The summed E-state index contributed by atoms with van der Waals surface area (Å²) in [5.41, 5.74) is 3.65. The van der Waals surface area contributed by atoms with E-state index in [1.807, 2.05) is 26.0 Å². The van der Waals surface area contributed by atoms with Crippen molar-refractivity contribution in [3.05, 3.63) is 95.4 Å². The van der Waals surface area contributed by atoms with Crippen molar-refractivity contribution >= 4 is 21.6 Å². The maximum absolute atomic E-state index is 12.5. The van der Waals surface area contributed by atoms with Gasteiger partial charge in [0.25, 0.3) is 15.9 Å². The Labute approximate surface area is 191 Å². The van der Waals surface area contributed by atoms with E-state index in [0.717, 1.165) is 11.1 Å². The maximum atomic E-state index is 12.5.